The Balaban J connectivity index is 2.08. The quantitative estimate of drug-likeness (QED) is 0.897. The Kier molecular flexibility index (Phi) is 4.62. The predicted octanol–water partition coefficient (Wildman–Crippen LogP) is 3.82. The van der Waals surface area contributed by atoms with E-state index in [9.17, 15) is 8.78 Å². The fourth-order valence-electron chi connectivity index (χ4n) is 2.31. The molecular formula is C14H19F2NS. The first-order valence-electron chi connectivity index (χ1n) is 6.37. The predicted molar refractivity (Wildman–Crippen MR) is 73.0 cm³/mol. The summed E-state index contributed by atoms with van der Waals surface area (Å²) in [5.74, 6) is 1.61. The highest BCUT2D eigenvalue weighted by molar-refractivity contribution is 7.99. The van der Waals surface area contributed by atoms with Crippen molar-refractivity contribution in [2.45, 2.75) is 38.8 Å². The lowest BCUT2D eigenvalue weighted by Gasteiger charge is -2.26. The molecule has 0 radical (unpaired) electrons. The molecule has 1 fully saturated rings. The van der Waals surface area contributed by atoms with Crippen LogP contribution in [0, 0.1) is 18.6 Å². The summed E-state index contributed by atoms with van der Waals surface area (Å²) in [5.41, 5.74) is 0.783. The average Bonchev–Trinajstić information content (AvgIpc) is 2.35. The third-order valence-corrected chi connectivity index (χ3v) is 4.61. The lowest BCUT2D eigenvalue weighted by atomic mass is 10.0. The molecule has 1 aromatic carbocycles. The van der Waals surface area contributed by atoms with Gasteiger partial charge in [0.2, 0.25) is 0 Å². The normalized spacial score (nSPS) is 21.9. The molecule has 1 heterocycles. The summed E-state index contributed by atoms with van der Waals surface area (Å²) in [6.45, 7) is 3.48. The van der Waals surface area contributed by atoms with Crippen LogP contribution in [-0.2, 0) is 0 Å². The molecule has 0 aliphatic carbocycles. The van der Waals surface area contributed by atoms with E-state index < -0.39 is 0 Å². The largest absolute Gasteiger partial charge is 0.307 e. The highest BCUT2D eigenvalue weighted by Crippen LogP contribution is 2.24. The minimum absolute atomic E-state index is 0.149. The van der Waals surface area contributed by atoms with E-state index in [1.54, 1.807) is 6.92 Å². The molecule has 2 unspecified atom stereocenters. The van der Waals surface area contributed by atoms with Crippen molar-refractivity contribution in [2.75, 3.05) is 11.5 Å². The maximum atomic E-state index is 13.8. The number of aryl methyl sites for hydroxylation is 1. The van der Waals surface area contributed by atoms with Crippen molar-refractivity contribution in [3.8, 4) is 0 Å². The Morgan fingerprint density at radius 3 is 2.78 bits per heavy atom. The van der Waals surface area contributed by atoms with Crippen LogP contribution in [0.2, 0.25) is 0 Å². The number of nitrogens with one attached hydrogen (secondary N) is 1. The fraction of sp³-hybridized carbons (Fsp3) is 0.571. The Hall–Kier alpha value is -0.610. The minimum atomic E-state index is -0.335. The van der Waals surface area contributed by atoms with E-state index in [0.717, 1.165) is 12.2 Å². The molecular weight excluding hydrogens is 252 g/mol. The number of thioether (sulfide) groups is 1. The molecule has 0 aromatic heterocycles. The molecule has 0 bridgehead atoms. The van der Waals surface area contributed by atoms with Crippen molar-refractivity contribution < 1.29 is 8.78 Å². The molecule has 1 aliphatic heterocycles. The van der Waals surface area contributed by atoms with Crippen LogP contribution >= 0.6 is 11.8 Å². The molecule has 1 aliphatic rings. The van der Waals surface area contributed by atoms with Crippen molar-refractivity contribution in [1.82, 2.24) is 5.32 Å². The van der Waals surface area contributed by atoms with Crippen molar-refractivity contribution >= 4 is 11.8 Å². The Morgan fingerprint density at radius 1 is 1.33 bits per heavy atom. The first-order chi connectivity index (χ1) is 8.58. The molecule has 0 amide bonds. The Morgan fingerprint density at radius 2 is 2.11 bits per heavy atom. The van der Waals surface area contributed by atoms with E-state index in [1.165, 1.54) is 24.3 Å². The summed E-state index contributed by atoms with van der Waals surface area (Å²) in [6, 6.07) is 2.85. The van der Waals surface area contributed by atoms with Crippen molar-refractivity contribution in [3.63, 3.8) is 0 Å². The number of hydrogen-bond donors (Lipinski definition) is 1. The molecule has 18 heavy (non-hydrogen) atoms. The fourth-order valence-corrected chi connectivity index (χ4v) is 3.39. The Labute approximate surface area is 111 Å². The summed E-state index contributed by atoms with van der Waals surface area (Å²) >= 11 is 1.92. The molecule has 100 valence electrons. The van der Waals surface area contributed by atoms with Crippen LogP contribution in [0.15, 0.2) is 12.1 Å². The monoisotopic (exact) mass is 271 g/mol. The van der Waals surface area contributed by atoms with Gasteiger partial charge in [-0.25, -0.2) is 8.78 Å². The molecule has 2 atom stereocenters. The van der Waals surface area contributed by atoms with Gasteiger partial charge in [-0.2, -0.15) is 11.8 Å². The maximum absolute atomic E-state index is 13.8. The van der Waals surface area contributed by atoms with Gasteiger partial charge in [-0.1, -0.05) is 0 Å². The van der Waals surface area contributed by atoms with Gasteiger partial charge in [-0.3, -0.25) is 0 Å². The van der Waals surface area contributed by atoms with E-state index in [-0.39, 0.29) is 17.7 Å². The first-order valence-corrected chi connectivity index (χ1v) is 7.52. The lowest BCUT2D eigenvalue weighted by Crippen LogP contribution is -2.36. The van der Waals surface area contributed by atoms with E-state index in [4.69, 9.17) is 0 Å². The molecule has 0 saturated carbocycles. The molecule has 1 N–H and O–H groups in total. The van der Waals surface area contributed by atoms with E-state index >= 15 is 0 Å². The van der Waals surface area contributed by atoms with Crippen LogP contribution in [0.25, 0.3) is 0 Å². The third kappa shape index (κ3) is 3.23. The molecule has 4 heteroatoms. The Bertz CT molecular complexity index is 417. The molecule has 2 rings (SSSR count). The SMILES string of the molecule is Cc1cc(F)c(C(C)NC2CCCSC2)cc1F. The maximum Gasteiger partial charge on any atom is 0.128 e. The van der Waals surface area contributed by atoms with Crippen molar-refractivity contribution in [3.05, 3.63) is 34.9 Å². The van der Waals surface area contributed by atoms with Gasteiger partial charge in [0.1, 0.15) is 11.6 Å². The van der Waals surface area contributed by atoms with Crippen LogP contribution in [0.1, 0.15) is 36.9 Å². The van der Waals surface area contributed by atoms with Crippen LogP contribution in [0.3, 0.4) is 0 Å². The standard InChI is InChI=1S/C14H19F2NS/c1-9-6-14(16)12(7-13(9)15)10(2)17-11-4-3-5-18-8-11/h6-7,10-11,17H,3-5,8H2,1-2H3. The van der Waals surface area contributed by atoms with Crippen LogP contribution in [-0.4, -0.2) is 17.5 Å². The number of halogens is 2. The zero-order valence-electron chi connectivity index (χ0n) is 10.8. The summed E-state index contributed by atoms with van der Waals surface area (Å²) in [6.07, 6.45) is 2.31. The second-order valence-electron chi connectivity index (χ2n) is 4.93. The van der Waals surface area contributed by atoms with E-state index in [2.05, 4.69) is 5.32 Å². The summed E-state index contributed by atoms with van der Waals surface area (Å²) < 4.78 is 27.3. The lowest BCUT2D eigenvalue weighted by molar-refractivity contribution is 0.438. The van der Waals surface area contributed by atoms with Gasteiger partial charge in [-0.15, -0.1) is 0 Å². The van der Waals surface area contributed by atoms with Gasteiger partial charge in [-0.05, 0) is 50.1 Å². The van der Waals surface area contributed by atoms with Gasteiger partial charge in [0, 0.05) is 23.4 Å². The van der Waals surface area contributed by atoms with Crippen molar-refractivity contribution in [1.29, 1.82) is 0 Å². The number of rotatable bonds is 3. The smallest absolute Gasteiger partial charge is 0.128 e. The highest BCUT2D eigenvalue weighted by atomic mass is 32.2. The van der Waals surface area contributed by atoms with E-state index in [0.29, 0.717) is 17.2 Å². The van der Waals surface area contributed by atoms with Gasteiger partial charge in [0.25, 0.3) is 0 Å². The van der Waals surface area contributed by atoms with E-state index in [1.807, 2.05) is 18.7 Å². The second-order valence-corrected chi connectivity index (χ2v) is 6.08. The summed E-state index contributed by atoms with van der Waals surface area (Å²) in [7, 11) is 0. The number of benzene rings is 1. The zero-order valence-corrected chi connectivity index (χ0v) is 11.6. The van der Waals surface area contributed by atoms with Gasteiger partial charge in [0.05, 0.1) is 0 Å². The van der Waals surface area contributed by atoms with Crippen LogP contribution < -0.4 is 5.32 Å². The van der Waals surface area contributed by atoms with Crippen molar-refractivity contribution in [2.24, 2.45) is 0 Å². The third-order valence-electron chi connectivity index (χ3n) is 3.39. The molecule has 1 nitrogen and oxygen atoms in total. The van der Waals surface area contributed by atoms with Gasteiger partial charge < -0.3 is 5.32 Å². The zero-order chi connectivity index (χ0) is 13.1. The minimum Gasteiger partial charge on any atom is -0.307 e. The summed E-state index contributed by atoms with van der Waals surface area (Å²) in [4.78, 5) is 0. The van der Waals surface area contributed by atoms with Crippen LogP contribution in [0.5, 0.6) is 0 Å². The first kappa shape index (κ1) is 13.8. The number of hydrogen-bond acceptors (Lipinski definition) is 2. The molecule has 1 aromatic rings. The van der Waals surface area contributed by atoms with Crippen LogP contribution in [0.4, 0.5) is 8.78 Å². The average molecular weight is 271 g/mol. The van der Waals surface area contributed by atoms with Gasteiger partial charge >= 0.3 is 0 Å². The summed E-state index contributed by atoms with van der Waals surface area (Å²) in [5, 5.41) is 3.40. The topological polar surface area (TPSA) is 12.0 Å². The van der Waals surface area contributed by atoms with Gasteiger partial charge in [0.15, 0.2) is 0 Å². The molecule has 0 spiro atoms. The molecule has 1 saturated heterocycles. The second kappa shape index (κ2) is 6.02. The highest BCUT2D eigenvalue weighted by Gasteiger charge is 2.19.